The Balaban J connectivity index is 1.90. The average molecular weight is 285 g/mol. The first-order valence-corrected chi connectivity index (χ1v) is 9.67. The van der Waals surface area contributed by atoms with E-state index in [4.69, 9.17) is 0 Å². The summed E-state index contributed by atoms with van der Waals surface area (Å²) in [4.78, 5) is 0. The minimum atomic E-state index is -0.613. The Kier molecular flexibility index (Phi) is 6.34. The van der Waals surface area contributed by atoms with Gasteiger partial charge in [-0.1, -0.05) is 32.6 Å². The van der Waals surface area contributed by atoms with Crippen molar-refractivity contribution in [2.45, 2.75) is 76.0 Å². The zero-order chi connectivity index (χ0) is 13.7. The lowest BCUT2D eigenvalue weighted by Crippen LogP contribution is -2.45. The summed E-state index contributed by atoms with van der Waals surface area (Å²) in [5.74, 6) is 2.55. The highest BCUT2D eigenvalue weighted by molar-refractivity contribution is 7.85. The summed E-state index contributed by atoms with van der Waals surface area (Å²) in [6.07, 6.45) is 11.7. The van der Waals surface area contributed by atoms with E-state index in [-0.39, 0.29) is 0 Å². The summed E-state index contributed by atoms with van der Waals surface area (Å²) in [5.41, 5.74) is 0. The third kappa shape index (κ3) is 4.29. The summed E-state index contributed by atoms with van der Waals surface area (Å²) in [6.45, 7) is 2.27. The molecule has 0 spiro atoms. The van der Waals surface area contributed by atoms with Crippen LogP contribution in [-0.2, 0) is 10.8 Å². The molecule has 2 fully saturated rings. The van der Waals surface area contributed by atoms with Gasteiger partial charge in [-0.3, -0.25) is 4.21 Å². The maximum atomic E-state index is 12.7. The summed E-state index contributed by atoms with van der Waals surface area (Å²) in [5, 5.41) is 3.84. The van der Waals surface area contributed by atoms with Crippen LogP contribution in [0.15, 0.2) is 0 Å². The Morgan fingerprint density at radius 3 is 2.47 bits per heavy atom. The van der Waals surface area contributed by atoms with Crippen LogP contribution in [0.25, 0.3) is 0 Å². The Morgan fingerprint density at radius 2 is 1.84 bits per heavy atom. The van der Waals surface area contributed by atoms with E-state index in [9.17, 15) is 4.21 Å². The Bertz CT molecular complexity index is 288. The second-order valence-corrected chi connectivity index (χ2v) is 8.30. The van der Waals surface area contributed by atoms with Crippen LogP contribution in [0.1, 0.15) is 64.7 Å². The van der Waals surface area contributed by atoms with Crippen LogP contribution in [0.3, 0.4) is 0 Å². The predicted octanol–water partition coefficient (Wildman–Crippen LogP) is 3.48. The molecule has 0 amide bonds. The van der Waals surface area contributed by atoms with Crippen molar-refractivity contribution in [2.24, 2.45) is 11.8 Å². The van der Waals surface area contributed by atoms with E-state index in [0.29, 0.717) is 11.3 Å². The molecule has 112 valence electrons. The minimum Gasteiger partial charge on any atom is -0.316 e. The van der Waals surface area contributed by atoms with E-state index in [1.54, 1.807) is 0 Å². The van der Waals surface area contributed by atoms with Crippen LogP contribution in [0, 0.1) is 11.8 Å². The third-order valence-corrected chi connectivity index (χ3v) is 7.18. The van der Waals surface area contributed by atoms with Gasteiger partial charge in [-0.2, -0.15) is 0 Å². The first-order chi connectivity index (χ1) is 9.24. The first kappa shape index (κ1) is 15.5. The molecule has 3 heteroatoms. The molecule has 0 bridgehead atoms. The Morgan fingerprint density at radius 1 is 1.11 bits per heavy atom. The van der Waals surface area contributed by atoms with Crippen molar-refractivity contribution in [1.29, 1.82) is 0 Å². The van der Waals surface area contributed by atoms with E-state index < -0.39 is 10.8 Å². The van der Waals surface area contributed by atoms with Gasteiger partial charge in [-0.05, 0) is 51.0 Å². The SMILES string of the molecule is CCCC1CCC(NC)C(S(=O)CC2CCCC2)C1. The van der Waals surface area contributed by atoms with E-state index in [0.717, 1.165) is 17.6 Å². The van der Waals surface area contributed by atoms with Gasteiger partial charge in [0.1, 0.15) is 0 Å². The molecule has 2 aliphatic carbocycles. The zero-order valence-corrected chi connectivity index (χ0v) is 13.5. The van der Waals surface area contributed by atoms with Gasteiger partial charge < -0.3 is 5.32 Å². The molecule has 0 aliphatic heterocycles. The van der Waals surface area contributed by atoms with Crippen LogP contribution in [-0.4, -0.2) is 28.3 Å². The number of nitrogens with one attached hydrogen (secondary N) is 1. The molecule has 4 unspecified atom stereocenters. The summed E-state index contributed by atoms with van der Waals surface area (Å²) in [7, 11) is 1.43. The second-order valence-electron chi connectivity index (χ2n) is 6.60. The van der Waals surface area contributed by atoms with Gasteiger partial charge in [0.25, 0.3) is 0 Å². The number of hydrogen-bond donors (Lipinski definition) is 1. The van der Waals surface area contributed by atoms with Crippen LogP contribution < -0.4 is 5.32 Å². The fourth-order valence-corrected chi connectivity index (χ4v) is 6.21. The summed E-state index contributed by atoms with van der Waals surface area (Å²) < 4.78 is 12.7. The molecule has 4 atom stereocenters. The van der Waals surface area contributed by atoms with Crippen molar-refractivity contribution in [3.05, 3.63) is 0 Å². The fraction of sp³-hybridized carbons (Fsp3) is 1.00. The van der Waals surface area contributed by atoms with Crippen molar-refractivity contribution in [3.8, 4) is 0 Å². The normalized spacial score (nSPS) is 34.5. The third-order valence-electron chi connectivity index (χ3n) is 5.18. The van der Waals surface area contributed by atoms with E-state index in [2.05, 4.69) is 12.2 Å². The highest BCUT2D eigenvalue weighted by Gasteiger charge is 2.34. The molecule has 0 aromatic heterocycles. The highest BCUT2D eigenvalue weighted by Crippen LogP contribution is 2.33. The summed E-state index contributed by atoms with van der Waals surface area (Å²) >= 11 is 0. The molecule has 2 aliphatic rings. The quantitative estimate of drug-likeness (QED) is 0.809. The molecule has 0 radical (unpaired) electrons. The van der Waals surface area contributed by atoms with Gasteiger partial charge in [0.05, 0.1) is 5.25 Å². The van der Waals surface area contributed by atoms with Crippen molar-refractivity contribution in [2.75, 3.05) is 12.8 Å². The fourth-order valence-electron chi connectivity index (χ4n) is 4.04. The lowest BCUT2D eigenvalue weighted by atomic mass is 9.83. The van der Waals surface area contributed by atoms with Crippen LogP contribution in [0.4, 0.5) is 0 Å². The van der Waals surface area contributed by atoms with E-state index >= 15 is 0 Å². The van der Waals surface area contributed by atoms with E-state index in [1.807, 2.05) is 7.05 Å². The summed E-state index contributed by atoms with van der Waals surface area (Å²) in [6, 6.07) is 0.496. The maximum Gasteiger partial charge on any atom is 0.0503 e. The maximum absolute atomic E-state index is 12.7. The van der Waals surface area contributed by atoms with Gasteiger partial charge in [-0.25, -0.2) is 0 Å². The average Bonchev–Trinajstić information content (AvgIpc) is 2.92. The van der Waals surface area contributed by atoms with Crippen molar-refractivity contribution in [1.82, 2.24) is 5.32 Å². The van der Waals surface area contributed by atoms with Crippen molar-refractivity contribution >= 4 is 10.8 Å². The van der Waals surface area contributed by atoms with Crippen molar-refractivity contribution < 1.29 is 4.21 Å². The molecule has 19 heavy (non-hydrogen) atoms. The molecule has 2 nitrogen and oxygen atoms in total. The topological polar surface area (TPSA) is 29.1 Å². The van der Waals surface area contributed by atoms with Crippen LogP contribution in [0.2, 0.25) is 0 Å². The number of hydrogen-bond acceptors (Lipinski definition) is 2. The van der Waals surface area contributed by atoms with Gasteiger partial charge in [-0.15, -0.1) is 0 Å². The van der Waals surface area contributed by atoms with Gasteiger partial charge in [0.2, 0.25) is 0 Å². The minimum absolute atomic E-state index is 0.413. The molecular weight excluding hydrogens is 254 g/mol. The standard InChI is InChI=1S/C16H31NOS/c1-3-6-13-9-10-15(17-2)16(11-13)19(18)12-14-7-4-5-8-14/h13-17H,3-12H2,1-2H3. The first-order valence-electron chi connectivity index (χ1n) is 8.29. The molecule has 0 aromatic rings. The van der Waals surface area contributed by atoms with Gasteiger partial charge >= 0.3 is 0 Å². The smallest absolute Gasteiger partial charge is 0.0503 e. The van der Waals surface area contributed by atoms with Crippen molar-refractivity contribution in [3.63, 3.8) is 0 Å². The second kappa shape index (κ2) is 7.78. The molecule has 0 heterocycles. The van der Waals surface area contributed by atoms with E-state index in [1.165, 1.54) is 57.8 Å². The molecule has 0 aromatic carbocycles. The van der Waals surface area contributed by atoms with Gasteiger partial charge in [0.15, 0.2) is 0 Å². The Hall–Kier alpha value is 0.110. The van der Waals surface area contributed by atoms with Crippen LogP contribution >= 0.6 is 0 Å². The lowest BCUT2D eigenvalue weighted by Gasteiger charge is -2.36. The molecule has 2 saturated carbocycles. The lowest BCUT2D eigenvalue weighted by molar-refractivity contribution is 0.292. The monoisotopic (exact) mass is 285 g/mol. The predicted molar refractivity (Wildman–Crippen MR) is 83.9 cm³/mol. The molecule has 0 saturated heterocycles. The van der Waals surface area contributed by atoms with Gasteiger partial charge in [0, 0.05) is 22.6 Å². The number of rotatable bonds is 6. The molecule has 1 N–H and O–H groups in total. The largest absolute Gasteiger partial charge is 0.316 e. The molecule has 2 rings (SSSR count). The van der Waals surface area contributed by atoms with Crippen LogP contribution in [0.5, 0.6) is 0 Å². The zero-order valence-electron chi connectivity index (χ0n) is 12.7. The molecular formula is C16H31NOS. The highest BCUT2D eigenvalue weighted by atomic mass is 32.2. The Labute approximate surface area is 121 Å².